The van der Waals surface area contributed by atoms with E-state index in [-0.39, 0.29) is 18.7 Å². The molecule has 5 nitrogen and oxygen atoms in total. The summed E-state index contributed by atoms with van der Waals surface area (Å²) in [6.07, 6.45) is -0.941. The van der Waals surface area contributed by atoms with Gasteiger partial charge in [0, 0.05) is 6.42 Å². The highest BCUT2D eigenvalue weighted by molar-refractivity contribution is 5.81. The number of aliphatic hydroxyl groups is 1. The van der Waals surface area contributed by atoms with E-state index < -0.39 is 17.6 Å². The van der Waals surface area contributed by atoms with Crippen molar-refractivity contribution in [1.82, 2.24) is 5.32 Å². The van der Waals surface area contributed by atoms with Crippen molar-refractivity contribution in [3.05, 3.63) is 0 Å². The SMILES string of the molecule is CC(O)C(C)(C)NC(=O)CCC(=O)O. The first-order valence-corrected chi connectivity index (χ1v) is 4.46. The zero-order chi connectivity index (χ0) is 11.4. The van der Waals surface area contributed by atoms with Crippen molar-refractivity contribution >= 4 is 11.9 Å². The van der Waals surface area contributed by atoms with Gasteiger partial charge in [0.05, 0.1) is 18.1 Å². The lowest BCUT2D eigenvalue weighted by atomic mass is 9.98. The van der Waals surface area contributed by atoms with Crippen molar-refractivity contribution in [3.8, 4) is 0 Å². The highest BCUT2D eigenvalue weighted by Crippen LogP contribution is 2.08. The van der Waals surface area contributed by atoms with Crippen LogP contribution in [0.4, 0.5) is 0 Å². The molecule has 0 aromatic heterocycles. The molecule has 0 aromatic rings. The minimum atomic E-state index is -1.00. The monoisotopic (exact) mass is 203 g/mol. The molecule has 0 saturated carbocycles. The van der Waals surface area contributed by atoms with Gasteiger partial charge >= 0.3 is 5.97 Å². The Hall–Kier alpha value is -1.10. The van der Waals surface area contributed by atoms with Gasteiger partial charge < -0.3 is 15.5 Å². The maximum atomic E-state index is 11.2. The number of amides is 1. The van der Waals surface area contributed by atoms with Crippen molar-refractivity contribution in [2.45, 2.75) is 45.3 Å². The van der Waals surface area contributed by atoms with Crippen LogP contribution in [0.15, 0.2) is 0 Å². The Morgan fingerprint density at radius 2 is 1.86 bits per heavy atom. The number of nitrogens with one attached hydrogen (secondary N) is 1. The lowest BCUT2D eigenvalue weighted by Gasteiger charge is -2.29. The summed E-state index contributed by atoms with van der Waals surface area (Å²) in [5.41, 5.74) is -0.727. The maximum absolute atomic E-state index is 11.2. The lowest BCUT2D eigenvalue weighted by Crippen LogP contribution is -2.51. The summed E-state index contributed by atoms with van der Waals surface area (Å²) in [6.45, 7) is 4.92. The topological polar surface area (TPSA) is 86.6 Å². The summed E-state index contributed by atoms with van der Waals surface area (Å²) in [6, 6.07) is 0. The van der Waals surface area contributed by atoms with Gasteiger partial charge in [0.25, 0.3) is 0 Å². The van der Waals surface area contributed by atoms with Crippen LogP contribution in [0.25, 0.3) is 0 Å². The van der Waals surface area contributed by atoms with E-state index in [1.807, 2.05) is 0 Å². The van der Waals surface area contributed by atoms with Crippen LogP contribution >= 0.6 is 0 Å². The number of carboxylic acid groups (broad SMARTS) is 1. The zero-order valence-corrected chi connectivity index (χ0v) is 8.70. The van der Waals surface area contributed by atoms with Crippen LogP contribution in [0.3, 0.4) is 0 Å². The second-order valence-electron chi connectivity index (χ2n) is 3.84. The van der Waals surface area contributed by atoms with E-state index in [4.69, 9.17) is 5.11 Å². The molecule has 0 radical (unpaired) electrons. The molecule has 0 rings (SSSR count). The van der Waals surface area contributed by atoms with Crippen LogP contribution in [0, 0.1) is 0 Å². The number of aliphatic carboxylic acids is 1. The Kier molecular flexibility index (Phi) is 4.56. The van der Waals surface area contributed by atoms with Gasteiger partial charge in [0.2, 0.25) is 5.91 Å². The number of rotatable bonds is 5. The molecule has 1 atom stereocenters. The van der Waals surface area contributed by atoms with E-state index in [0.29, 0.717) is 0 Å². The predicted molar refractivity (Wildman–Crippen MR) is 50.8 cm³/mol. The third-order valence-corrected chi connectivity index (χ3v) is 2.07. The number of hydrogen-bond donors (Lipinski definition) is 3. The molecule has 14 heavy (non-hydrogen) atoms. The average molecular weight is 203 g/mol. The van der Waals surface area contributed by atoms with Gasteiger partial charge in [0.15, 0.2) is 0 Å². The molecule has 0 aliphatic rings. The summed E-state index contributed by atoms with van der Waals surface area (Å²) in [7, 11) is 0. The molecular formula is C9H17NO4. The Bertz CT molecular complexity index is 223. The molecular weight excluding hydrogens is 186 g/mol. The van der Waals surface area contributed by atoms with E-state index in [1.54, 1.807) is 20.8 Å². The average Bonchev–Trinajstić information content (AvgIpc) is 1.99. The van der Waals surface area contributed by atoms with E-state index in [2.05, 4.69) is 5.32 Å². The van der Waals surface area contributed by atoms with Crippen LogP contribution in [0.5, 0.6) is 0 Å². The first kappa shape index (κ1) is 12.9. The molecule has 0 heterocycles. The van der Waals surface area contributed by atoms with Gasteiger partial charge in [-0.25, -0.2) is 0 Å². The van der Waals surface area contributed by atoms with Gasteiger partial charge in [-0.2, -0.15) is 0 Å². The fourth-order valence-corrected chi connectivity index (χ4v) is 0.747. The second kappa shape index (κ2) is 4.95. The summed E-state index contributed by atoms with van der Waals surface area (Å²) in [4.78, 5) is 21.4. The fraction of sp³-hybridized carbons (Fsp3) is 0.778. The first-order valence-electron chi connectivity index (χ1n) is 4.46. The molecule has 5 heteroatoms. The molecule has 0 bridgehead atoms. The summed E-state index contributed by atoms with van der Waals surface area (Å²) in [5, 5.41) is 20.2. The van der Waals surface area contributed by atoms with Crippen LogP contribution in [0.2, 0.25) is 0 Å². The maximum Gasteiger partial charge on any atom is 0.303 e. The molecule has 3 N–H and O–H groups in total. The highest BCUT2D eigenvalue weighted by atomic mass is 16.4. The van der Waals surface area contributed by atoms with Crippen LogP contribution in [0.1, 0.15) is 33.6 Å². The summed E-state index contributed by atoms with van der Waals surface area (Å²) >= 11 is 0. The third-order valence-electron chi connectivity index (χ3n) is 2.07. The van der Waals surface area contributed by atoms with E-state index in [1.165, 1.54) is 0 Å². The number of carbonyl (C=O) groups excluding carboxylic acids is 1. The van der Waals surface area contributed by atoms with Crippen LogP contribution < -0.4 is 5.32 Å². The largest absolute Gasteiger partial charge is 0.481 e. The smallest absolute Gasteiger partial charge is 0.303 e. The molecule has 0 aromatic carbocycles. The quantitative estimate of drug-likeness (QED) is 0.592. The molecule has 0 fully saturated rings. The van der Waals surface area contributed by atoms with Gasteiger partial charge in [-0.3, -0.25) is 9.59 Å². The Morgan fingerprint density at radius 1 is 1.36 bits per heavy atom. The van der Waals surface area contributed by atoms with Crippen molar-refractivity contribution in [3.63, 3.8) is 0 Å². The first-order chi connectivity index (χ1) is 6.25. The van der Waals surface area contributed by atoms with Crippen molar-refractivity contribution in [2.75, 3.05) is 0 Å². The van der Waals surface area contributed by atoms with Crippen molar-refractivity contribution < 1.29 is 19.8 Å². The molecule has 0 aliphatic heterocycles. The standard InChI is InChI=1S/C9H17NO4/c1-6(11)9(2,3)10-7(12)4-5-8(13)14/h6,11H,4-5H2,1-3H3,(H,10,12)(H,13,14). The van der Waals surface area contributed by atoms with Gasteiger partial charge in [-0.15, -0.1) is 0 Å². The molecule has 0 aliphatic carbocycles. The normalized spacial score (nSPS) is 13.4. The van der Waals surface area contributed by atoms with E-state index in [0.717, 1.165) is 0 Å². The number of carboxylic acids is 1. The van der Waals surface area contributed by atoms with Crippen molar-refractivity contribution in [2.24, 2.45) is 0 Å². The second-order valence-corrected chi connectivity index (χ2v) is 3.84. The van der Waals surface area contributed by atoms with Crippen molar-refractivity contribution in [1.29, 1.82) is 0 Å². The van der Waals surface area contributed by atoms with E-state index in [9.17, 15) is 14.7 Å². The van der Waals surface area contributed by atoms with Gasteiger partial charge in [0.1, 0.15) is 0 Å². The molecule has 0 saturated heterocycles. The number of carbonyl (C=O) groups is 2. The molecule has 0 spiro atoms. The van der Waals surface area contributed by atoms with E-state index >= 15 is 0 Å². The predicted octanol–water partition coefficient (Wildman–Crippen LogP) is 0.127. The Morgan fingerprint density at radius 3 is 2.21 bits per heavy atom. The zero-order valence-electron chi connectivity index (χ0n) is 8.70. The Balaban J connectivity index is 4.00. The van der Waals surface area contributed by atoms with Crippen LogP contribution in [-0.2, 0) is 9.59 Å². The minimum absolute atomic E-state index is 0.0640. The Labute approximate surface area is 83.1 Å². The lowest BCUT2D eigenvalue weighted by molar-refractivity contribution is -0.139. The minimum Gasteiger partial charge on any atom is -0.481 e. The third kappa shape index (κ3) is 4.81. The fourth-order valence-electron chi connectivity index (χ4n) is 0.747. The summed E-state index contributed by atoms with van der Waals surface area (Å²) in [5.74, 6) is -1.37. The molecule has 1 unspecified atom stereocenters. The number of aliphatic hydroxyl groups excluding tert-OH is 1. The summed E-state index contributed by atoms with van der Waals surface area (Å²) < 4.78 is 0. The highest BCUT2D eigenvalue weighted by Gasteiger charge is 2.25. The molecule has 1 amide bonds. The van der Waals surface area contributed by atoms with Gasteiger partial charge in [-0.1, -0.05) is 0 Å². The van der Waals surface area contributed by atoms with Crippen LogP contribution in [-0.4, -0.2) is 33.7 Å². The van der Waals surface area contributed by atoms with Gasteiger partial charge in [-0.05, 0) is 20.8 Å². The number of hydrogen-bond acceptors (Lipinski definition) is 3. The molecule has 82 valence electrons.